The molecular weight excluding hydrogens is 288 g/mol. The van der Waals surface area contributed by atoms with Crippen LogP contribution in [0.1, 0.15) is 64.7 Å². The highest BCUT2D eigenvalue weighted by molar-refractivity contribution is 5.80. The van der Waals surface area contributed by atoms with Crippen LogP contribution < -0.4 is 0 Å². The van der Waals surface area contributed by atoms with Gasteiger partial charge in [0.1, 0.15) is 0 Å². The molecule has 0 spiro atoms. The summed E-state index contributed by atoms with van der Waals surface area (Å²) in [5, 5.41) is 18.2. The molecular formula is C20H32O3. The van der Waals surface area contributed by atoms with Crippen LogP contribution in [-0.4, -0.2) is 22.3 Å². The molecule has 0 aromatic heterocycles. The fraction of sp³-hybridized carbons (Fsp3) is 0.550. The van der Waals surface area contributed by atoms with E-state index < -0.39 is 5.97 Å². The Morgan fingerprint density at radius 3 is 2.13 bits per heavy atom. The first-order valence-corrected chi connectivity index (χ1v) is 8.74. The fourth-order valence-electron chi connectivity index (χ4n) is 2.16. The van der Waals surface area contributed by atoms with Gasteiger partial charge in [-0.25, -0.2) is 4.79 Å². The zero-order valence-electron chi connectivity index (χ0n) is 14.4. The number of rotatable bonds is 14. The van der Waals surface area contributed by atoms with Gasteiger partial charge in [-0.2, -0.15) is 0 Å². The summed E-state index contributed by atoms with van der Waals surface area (Å²) in [5.74, 6) is -0.938. The van der Waals surface area contributed by atoms with Crippen LogP contribution in [0.5, 0.6) is 0 Å². The van der Waals surface area contributed by atoms with E-state index in [4.69, 9.17) is 5.11 Å². The van der Waals surface area contributed by atoms with E-state index in [0.29, 0.717) is 0 Å². The zero-order valence-corrected chi connectivity index (χ0v) is 14.4. The zero-order chi connectivity index (χ0) is 17.2. The summed E-state index contributed by atoms with van der Waals surface area (Å²) in [6.07, 6.45) is 23.9. The SMILES string of the molecule is CCCCCC(O)CCCCCC=CC=CC=CC=CC(=O)O. The van der Waals surface area contributed by atoms with Crippen molar-refractivity contribution in [3.05, 3.63) is 48.6 Å². The van der Waals surface area contributed by atoms with Crippen molar-refractivity contribution in [2.75, 3.05) is 0 Å². The maximum absolute atomic E-state index is 10.2. The van der Waals surface area contributed by atoms with Crippen molar-refractivity contribution in [1.82, 2.24) is 0 Å². The molecule has 0 aromatic rings. The van der Waals surface area contributed by atoms with Crippen molar-refractivity contribution in [3.8, 4) is 0 Å². The monoisotopic (exact) mass is 320 g/mol. The number of aliphatic carboxylic acids is 1. The maximum Gasteiger partial charge on any atom is 0.328 e. The van der Waals surface area contributed by atoms with E-state index in [1.54, 1.807) is 12.2 Å². The molecule has 130 valence electrons. The third-order valence-corrected chi connectivity index (χ3v) is 3.48. The number of hydrogen-bond donors (Lipinski definition) is 2. The highest BCUT2D eigenvalue weighted by atomic mass is 16.4. The third-order valence-electron chi connectivity index (χ3n) is 3.48. The van der Waals surface area contributed by atoms with Crippen LogP contribution in [0.3, 0.4) is 0 Å². The van der Waals surface area contributed by atoms with Crippen LogP contribution in [0, 0.1) is 0 Å². The summed E-state index contributed by atoms with van der Waals surface area (Å²) < 4.78 is 0. The Morgan fingerprint density at radius 1 is 0.870 bits per heavy atom. The summed E-state index contributed by atoms with van der Waals surface area (Å²) in [5.41, 5.74) is 0. The third kappa shape index (κ3) is 18.3. The molecule has 23 heavy (non-hydrogen) atoms. The number of carbonyl (C=O) groups is 1. The van der Waals surface area contributed by atoms with Gasteiger partial charge in [-0.3, -0.25) is 0 Å². The molecule has 0 aliphatic rings. The normalized spacial score (nSPS) is 13.8. The molecule has 0 bridgehead atoms. The van der Waals surface area contributed by atoms with Crippen LogP contribution in [0.2, 0.25) is 0 Å². The van der Waals surface area contributed by atoms with Crippen LogP contribution in [0.25, 0.3) is 0 Å². The smallest absolute Gasteiger partial charge is 0.328 e. The average molecular weight is 320 g/mol. The molecule has 0 aromatic carbocycles. The second kappa shape index (κ2) is 16.8. The molecule has 0 fully saturated rings. The quantitative estimate of drug-likeness (QED) is 0.263. The van der Waals surface area contributed by atoms with Gasteiger partial charge in [0.25, 0.3) is 0 Å². The van der Waals surface area contributed by atoms with E-state index in [-0.39, 0.29) is 6.10 Å². The number of carboxylic acid groups (broad SMARTS) is 1. The number of hydrogen-bond acceptors (Lipinski definition) is 2. The Balaban J connectivity index is 3.48. The molecule has 2 N–H and O–H groups in total. The molecule has 1 unspecified atom stereocenters. The number of allylic oxidation sites excluding steroid dienone is 7. The maximum atomic E-state index is 10.2. The van der Waals surface area contributed by atoms with E-state index in [1.807, 2.05) is 18.2 Å². The Bertz CT molecular complexity index is 392. The lowest BCUT2D eigenvalue weighted by atomic mass is 10.0. The molecule has 0 saturated heterocycles. The van der Waals surface area contributed by atoms with E-state index in [9.17, 15) is 9.90 Å². The van der Waals surface area contributed by atoms with E-state index >= 15 is 0 Å². The van der Waals surface area contributed by atoms with Gasteiger partial charge >= 0.3 is 5.97 Å². The molecule has 0 aliphatic carbocycles. The molecule has 0 aliphatic heterocycles. The first kappa shape index (κ1) is 21.4. The van der Waals surface area contributed by atoms with E-state index in [2.05, 4.69) is 13.0 Å². The molecule has 0 heterocycles. The summed E-state index contributed by atoms with van der Waals surface area (Å²) in [6, 6.07) is 0. The minimum absolute atomic E-state index is 0.109. The number of aliphatic hydroxyl groups excluding tert-OH is 1. The molecule has 0 amide bonds. The minimum atomic E-state index is -0.938. The molecule has 0 rings (SSSR count). The first-order valence-electron chi connectivity index (χ1n) is 8.74. The van der Waals surface area contributed by atoms with Crippen LogP contribution in [0.15, 0.2) is 48.6 Å². The Kier molecular flexibility index (Phi) is 15.6. The summed E-state index contributed by atoms with van der Waals surface area (Å²) >= 11 is 0. The minimum Gasteiger partial charge on any atom is -0.478 e. The van der Waals surface area contributed by atoms with E-state index in [1.165, 1.54) is 25.3 Å². The number of carboxylic acids is 1. The lowest BCUT2D eigenvalue weighted by Gasteiger charge is -2.09. The Labute approximate surface area is 141 Å². The second-order valence-electron chi connectivity index (χ2n) is 5.68. The van der Waals surface area contributed by atoms with Gasteiger partial charge in [0.15, 0.2) is 0 Å². The first-order chi connectivity index (χ1) is 11.2. The Hall–Kier alpha value is -1.61. The van der Waals surface area contributed by atoms with Crippen molar-refractivity contribution < 1.29 is 15.0 Å². The van der Waals surface area contributed by atoms with Crippen molar-refractivity contribution in [2.45, 2.75) is 70.8 Å². The topological polar surface area (TPSA) is 57.5 Å². The van der Waals surface area contributed by atoms with Gasteiger partial charge in [0.2, 0.25) is 0 Å². The predicted molar refractivity (Wildman–Crippen MR) is 97.4 cm³/mol. The molecule has 3 nitrogen and oxygen atoms in total. The van der Waals surface area contributed by atoms with Gasteiger partial charge < -0.3 is 10.2 Å². The molecule has 3 heteroatoms. The standard InChI is InChI=1S/C20H32O3/c1-2-3-13-16-19(21)17-14-11-9-7-5-4-6-8-10-12-15-18-20(22)23/h4-6,8,10,12,15,18-19,21H,2-3,7,9,11,13-14,16-17H2,1H3,(H,22,23). The van der Waals surface area contributed by atoms with Gasteiger partial charge in [0, 0.05) is 6.08 Å². The van der Waals surface area contributed by atoms with Crippen molar-refractivity contribution >= 4 is 5.97 Å². The summed E-state index contributed by atoms with van der Waals surface area (Å²) in [7, 11) is 0. The lowest BCUT2D eigenvalue weighted by molar-refractivity contribution is -0.131. The fourth-order valence-corrected chi connectivity index (χ4v) is 2.16. The molecule has 1 atom stereocenters. The molecule has 0 radical (unpaired) electrons. The van der Waals surface area contributed by atoms with Crippen molar-refractivity contribution in [1.29, 1.82) is 0 Å². The van der Waals surface area contributed by atoms with Crippen LogP contribution in [0.4, 0.5) is 0 Å². The average Bonchev–Trinajstić information content (AvgIpc) is 2.51. The predicted octanol–water partition coefficient (Wildman–Crippen LogP) is 5.19. The van der Waals surface area contributed by atoms with Gasteiger partial charge in [-0.1, -0.05) is 81.6 Å². The van der Waals surface area contributed by atoms with Gasteiger partial charge in [-0.05, 0) is 25.7 Å². The van der Waals surface area contributed by atoms with Gasteiger partial charge in [-0.15, -0.1) is 0 Å². The summed E-state index contributed by atoms with van der Waals surface area (Å²) in [4.78, 5) is 10.2. The van der Waals surface area contributed by atoms with Crippen LogP contribution >= 0.6 is 0 Å². The largest absolute Gasteiger partial charge is 0.478 e. The van der Waals surface area contributed by atoms with Crippen molar-refractivity contribution in [2.24, 2.45) is 0 Å². The highest BCUT2D eigenvalue weighted by Gasteiger charge is 2.02. The van der Waals surface area contributed by atoms with Crippen LogP contribution in [-0.2, 0) is 4.79 Å². The Morgan fingerprint density at radius 2 is 1.48 bits per heavy atom. The summed E-state index contributed by atoms with van der Waals surface area (Å²) in [6.45, 7) is 2.18. The molecule has 0 saturated carbocycles. The second-order valence-corrected chi connectivity index (χ2v) is 5.68. The highest BCUT2D eigenvalue weighted by Crippen LogP contribution is 2.11. The van der Waals surface area contributed by atoms with Crippen molar-refractivity contribution in [3.63, 3.8) is 0 Å². The number of unbranched alkanes of at least 4 members (excludes halogenated alkanes) is 5. The lowest BCUT2D eigenvalue weighted by Crippen LogP contribution is -2.05. The van der Waals surface area contributed by atoms with Gasteiger partial charge in [0.05, 0.1) is 6.10 Å². The number of aliphatic hydroxyl groups is 1. The van der Waals surface area contributed by atoms with E-state index in [0.717, 1.165) is 44.6 Å².